The lowest BCUT2D eigenvalue weighted by Gasteiger charge is -1.99. The molecular formula is C11H12N2O2S. The molecule has 16 heavy (non-hydrogen) atoms. The highest BCUT2D eigenvalue weighted by molar-refractivity contribution is 7.98. The van der Waals surface area contributed by atoms with Gasteiger partial charge in [0.05, 0.1) is 5.75 Å². The van der Waals surface area contributed by atoms with Gasteiger partial charge in [-0.3, -0.25) is 0 Å². The predicted molar refractivity (Wildman–Crippen MR) is 61.0 cm³/mol. The Morgan fingerprint density at radius 1 is 1.44 bits per heavy atom. The molecule has 0 aliphatic rings. The summed E-state index contributed by atoms with van der Waals surface area (Å²) in [5.74, 6) is 1.52. The van der Waals surface area contributed by atoms with Gasteiger partial charge < -0.3 is 9.63 Å². The number of hydrogen-bond donors (Lipinski definition) is 1. The number of aliphatic hydroxyl groups excluding tert-OH is 1. The summed E-state index contributed by atoms with van der Waals surface area (Å²) in [6, 6.07) is 8.23. The average molecular weight is 236 g/mol. The summed E-state index contributed by atoms with van der Waals surface area (Å²) in [7, 11) is 0. The van der Waals surface area contributed by atoms with Crippen LogP contribution < -0.4 is 0 Å². The number of aryl methyl sites for hydroxylation is 1. The molecule has 0 spiro atoms. The second kappa shape index (κ2) is 5.14. The Kier molecular flexibility index (Phi) is 3.58. The van der Waals surface area contributed by atoms with Crippen molar-refractivity contribution in [2.24, 2.45) is 0 Å². The Hall–Kier alpha value is -1.33. The highest BCUT2D eigenvalue weighted by Gasteiger charge is 2.05. The fraction of sp³-hybridized carbons (Fsp3) is 0.273. The van der Waals surface area contributed by atoms with Crippen LogP contribution in [0.5, 0.6) is 0 Å². The summed E-state index contributed by atoms with van der Waals surface area (Å²) < 4.78 is 4.80. The molecule has 0 aliphatic carbocycles. The van der Waals surface area contributed by atoms with Crippen LogP contribution in [0, 0.1) is 6.92 Å². The first kappa shape index (κ1) is 11.2. The molecule has 0 radical (unpaired) electrons. The van der Waals surface area contributed by atoms with Gasteiger partial charge in [0, 0.05) is 4.90 Å². The standard InChI is InChI=1S/C11H12N2O2S/c1-8-3-2-4-9(5-8)16-7-10-12-11(6-14)15-13-10/h2-5,14H,6-7H2,1H3. The van der Waals surface area contributed by atoms with Crippen LogP contribution in [-0.2, 0) is 12.4 Å². The molecule has 0 aliphatic heterocycles. The molecule has 1 heterocycles. The van der Waals surface area contributed by atoms with Gasteiger partial charge in [-0.1, -0.05) is 22.9 Å². The molecule has 0 unspecified atom stereocenters. The Bertz CT molecular complexity index is 471. The first-order chi connectivity index (χ1) is 7.78. The second-order valence-electron chi connectivity index (χ2n) is 3.37. The number of aliphatic hydroxyl groups is 1. The fourth-order valence-corrected chi connectivity index (χ4v) is 2.12. The molecule has 4 nitrogen and oxygen atoms in total. The van der Waals surface area contributed by atoms with E-state index in [4.69, 9.17) is 9.63 Å². The monoisotopic (exact) mass is 236 g/mol. The quantitative estimate of drug-likeness (QED) is 0.824. The van der Waals surface area contributed by atoms with E-state index in [1.165, 1.54) is 10.5 Å². The van der Waals surface area contributed by atoms with E-state index in [1.54, 1.807) is 11.8 Å². The smallest absolute Gasteiger partial charge is 0.252 e. The zero-order valence-electron chi connectivity index (χ0n) is 8.88. The van der Waals surface area contributed by atoms with Gasteiger partial charge in [-0.2, -0.15) is 4.98 Å². The van der Waals surface area contributed by atoms with Gasteiger partial charge in [0.15, 0.2) is 5.82 Å². The molecule has 1 aromatic carbocycles. The maximum Gasteiger partial charge on any atom is 0.252 e. The zero-order chi connectivity index (χ0) is 11.4. The van der Waals surface area contributed by atoms with Gasteiger partial charge in [-0.25, -0.2) is 0 Å². The highest BCUT2D eigenvalue weighted by atomic mass is 32.2. The van der Waals surface area contributed by atoms with Gasteiger partial charge in [-0.05, 0) is 19.1 Å². The topological polar surface area (TPSA) is 59.2 Å². The molecule has 84 valence electrons. The third kappa shape index (κ3) is 2.84. The van der Waals surface area contributed by atoms with E-state index < -0.39 is 0 Å². The van der Waals surface area contributed by atoms with Crippen molar-refractivity contribution < 1.29 is 9.63 Å². The molecule has 0 saturated heterocycles. The molecule has 1 aromatic heterocycles. The van der Waals surface area contributed by atoms with Crippen LogP contribution in [0.3, 0.4) is 0 Å². The SMILES string of the molecule is Cc1cccc(SCc2noc(CO)n2)c1. The predicted octanol–water partition coefficient (Wildman–Crippen LogP) is 2.16. The summed E-state index contributed by atoms with van der Waals surface area (Å²) in [6.07, 6.45) is 0. The van der Waals surface area contributed by atoms with Crippen LogP contribution in [-0.4, -0.2) is 15.2 Å². The number of benzene rings is 1. The van der Waals surface area contributed by atoms with Crippen LogP contribution in [0.15, 0.2) is 33.7 Å². The van der Waals surface area contributed by atoms with E-state index in [1.807, 2.05) is 12.1 Å². The van der Waals surface area contributed by atoms with Crippen molar-refractivity contribution in [1.82, 2.24) is 10.1 Å². The van der Waals surface area contributed by atoms with Crippen molar-refractivity contribution in [2.75, 3.05) is 0 Å². The van der Waals surface area contributed by atoms with E-state index >= 15 is 0 Å². The van der Waals surface area contributed by atoms with Gasteiger partial charge in [0.25, 0.3) is 5.89 Å². The summed E-state index contributed by atoms with van der Waals surface area (Å²) in [6.45, 7) is 1.85. The molecule has 2 aromatic rings. The van der Waals surface area contributed by atoms with E-state index in [9.17, 15) is 0 Å². The van der Waals surface area contributed by atoms with Crippen LogP contribution >= 0.6 is 11.8 Å². The van der Waals surface area contributed by atoms with Crippen LogP contribution in [0.4, 0.5) is 0 Å². The normalized spacial score (nSPS) is 10.6. The van der Waals surface area contributed by atoms with E-state index in [-0.39, 0.29) is 12.5 Å². The Balaban J connectivity index is 1.96. The molecule has 0 saturated carbocycles. The van der Waals surface area contributed by atoms with Crippen molar-refractivity contribution in [3.63, 3.8) is 0 Å². The van der Waals surface area contributed by atoms with E-state index in [2.05, 4.69) is 29.2 Å². The van der Waals surface area contributed by atoms with Crippen molar-refractivity contribution in [2.45, 2.75) is 24.2 Å². The van der Waals surface area contributed by atoms with Crippen molar-refractivity contribution in [3.05, 3.63) is 41.5 Å². The van der Waals surface area contributed by atoms with Crippen LogP contribution in [0.2, 0.25) is 0 Å². The lowest BCUT2D eigenvalue weighted by molar-refractivity contribution is 0.222. The maximum absolute atomic E-state index is 8.77. The Morgan fingerprint density at radius 3 is 3.00 bits per heavy atom. The average Bonchev–Trinajstić information content (AvgIpc) is 2.74. The van der Waals surface area contributed by atoms with Crippen LogP contribution in [0.25, 0.3) is 0 Å². The third-order valence-electron chi connectivity index (χ3n) is 2.00. The number of aromatic nitrogens is 2. The second-order valence-corrected chi connectivity index (χ2v) is 4.42. The number of hydrogen-bond acceptors (Lipinski definition) is 5. The lowest BCUT2D eigenvalue weighted by atomic mass is 10.2. The molecule has 0 bridgehead atoms. The van der Waals surface area contributed by atoms with Crippen molar-refractivity contribution in [3.8, 4) is 0 Å². The third-order valence-corrected chi connectivity index (χ3v) is 2.99. The zero-order valence-corrected chi connectivity index (χ0v) is 9.70. The molecule has 1 N–H and O–H groups in total. The van der Waals surface area contributed by atoms with Gasteiger partial charge in [-0.15, -0.1) is 11.8 Å². The fourth-order valence-electron chi connectivity index (χ4n) is 1.27. The summed E-state index contributed by atoms with van der Waals surface area (Å²) >= 11 is 1.64. The molecule has 5 heteroatoms. The Morgan fingerprint density at radius 2 is 2.31 bits per heavy atom. The first-order valence-corrected chi connectivity index (χ1v) is 5.88. The molecule has 0 atom stereocenters. The van der Waals surface area contributed by atoms with Crippen molar-refractivity contribution in [1.29, 1.82) is 0 Å². The van der Waals surface area contributed by atoms with Gasteiger partial charge >= 0.3 is 0 Å². The highest BCUT2D eigenvalue weighted by Crippen LogP contribution is 2.22. The van der Waals surface area contributed by atoms with Crippen LogP contribution in [0.1, 0.15) is 17.3 Å². The Labute approximate surface area is 97.7 Å². The summed E-state index contributed by atoms with van der Waals surface area (Å²) in [5.41, 5.74) is 1.23. The first-order valence-electron chi connectivity index (χ1n) is 4.90. The van der Waals surface area contributed by atoms with E-state index in [0.717, 1.165) is 0 Å². The van der Waals surface area contributed by atoms with E-state index in [0.29, 0.717) is 11.6 Å². The maximum atomic E-state index is 8.77. The minimum atomic E-state index is -0.206. The summed E-state index contributed by atoms with van der Waals surface area (Å²) in [5, 5.41) is 12.5. The number of nitrogens with zero attached hydrogens (tertiary/aromatic N) is 2. The van der Waals surface area contributed by atoms with Gasteiger partial charge in [0.2, 0.25) is 0 Å². The minimum absolute atomic E-state index is 0.206. The van der Waals surface area contributed by atoms with Gasteiger partial charge in [0.1, 0.15) is 6.61 Å². The molecule has 0 fully saturated rings. The molecular weight excluding hydrogens is 224 g/mol. The summed E-state index contributed by atoms with van der Waals surface area (Å²) in [4.78, 5) is 5.19. The number of thioether (sulfide) groups is 1. The largest absolute Gasteiger partial charge is 0.387 e. The molecule has 0 amide bonds. The molecule has 2 rings (SSSR count). The number of rotatable bonds is 4. The minimum Gasteiger partial charge on any atom is -0.387 e. The van der Waals surface area contributed by atoms with Crippen molar-refractivity contribution >= 4 is 11.8 Å². The lowest BCUT2D eigenvalue weighted by Crippen LogP contribution is -1.86.